The van der Waals surface area contributed by atoms with Crippen LogP contribution in [-0.2, 0) is 11.3 Å². The molecular formula is C17H26N2O2. The summed E-state index contributed by atoms with van der Waals surface area (Å²) in [6.45, 7) is 7.33. The van der Waals surface area contributed by atoms with Gasteiger partial charge in [0.25, 0.3) is 0 Å². The fraction of sp³-hybridized carbons (Fsp3) is 0.588. The van der Waals surface area contributed by atoms with Crippen molar-refractivity contribution in [2.45, 2.75) is 51.7 Å². The minimum atomic E-state index is -0.528. The lowest BCUT2D eigenvalue weighted by molar-refractivity contribution is -0.138. The standard InChI is InChI=1S/C17H26N2O2/c1-5-18-17(2,3)16(20)19(14-10-11-14)12-13-8-6-7-9-15(13)21-4/h6-9,14,18H,5,10-12H2,1-4H3. The van der Waals surface area contributed by atoms with Crippen LogP contribution in [0.25, 0.3) is 0 Å². The molecule has 1 aliphatic rings. The largest absolute Gasteiger partial charge is 0.496 e. The number of nitrogens with one attached hydrogen (secondary N) is 1. The summed E-state index contributed by atoms with van der Waals surface area (Å²) in [5.41, 5.74) is 0.534. The van der Waals surface area contributed by atoms with Crippen LogP contribution in [0.2, 0.25) is 0 Å². The lowest BCUT2D eigenvalue weighted by Crippen LogP contribution is -2.54. The molecular weight excluding hydrogens is 264 g/mol. The highest BCUT2D eigenvalue weighted by Gasteiger charge is 2.39. The molecule has 0 atom stereocenters. The summed E-state index contributed by atoms with van der Waals surface area (Å²) in [7, 11) is 1.67. The van der Waals surface area contributed by atoms with E-state index in [1.807, 2.05) is 49.9 Å². The van der Waals surface area contributed by atoms with E-state index in [4.69, 9.17) is 4.74 Å². The number of hydrogen-bond acceptors (Lipinski definition) is 3. The molecule has 0 aromatic heterocycles. The van der Waals surface area contributed by atoms with Gasteiger partial charge in [-0.2, -0.15) is 0 Å². The number of methoxy groups -OCH3 is 1. The number of amides is 1. The van der Waals surface area contributed by atoms with Crippen LogP contribution < -0.4 is 10.1 Å². The third-order valence-corrected chi connectivity index (χ3v) is 3.94. The molecule has 0 spiro atoms. The maximum absolute atomic E-state index is 12.9. The van der Waals surface area contributed by atoms with E-state index in [1.165, 1.54) is 0 Å². The first-order valence-corrected chi connectivity index (χ1v) is 7.67. The van der Waals surface area contributed by atoms with E-state index in [0.29, 0.717) is 12.6 Å². The van der Waals surface area contributed by atoms with Crippen molar-refractivity contribution in [3.63, 3.8) is 0 Å². The molecule has 1 aromatic carbocycles. The van der Waals surface area contributed by atoms with Crippen LogP contribution in [0.1, 0.15) is 39.2 Å². The summed E-state index contributed by atoms with van der Waals surface area (Å²) in [4.78, 5) is 14.9. The molecule has 0 aliphatic heterocycles. The van der Waals surface area contributed by atoms with Gasteiger partial charge in [-0.05, 0) is 39.3 Å². The van der Waals surface area contributed by atoms with E-state index in [-0.39, 0.29) is 5.91 Å². The highest BCUT2D eigenvalue weighted by molar-refractivity contribution is 5.86. The van der Waals surface area contributed by atoms with Gasteiger partial charge in [0, 0.05) is 18.2 Å². The monoisotopic (exact) mass is 290 g/mol. The van der Waals surface area contributed by atoms with Gasteiger partial charge in [-0.3, -0.25) is 4.79 Å². The van der Waals surface area contributed by atoms with Gasteiger partial charge >= 0.3 is 0 Å². The molecule has 0 radical (unpaired) electrons. The molecule has 1 N–H and O–H groups in total. The second-order valence-corrected chi connectivity index (χ2v) is 6.13. The maximum atomic E-state index is 12.9. The molecule has 4 nitrogen and oxygen atoms in total. The van der Waals surface area contributed by atoms with Crippen molar-refractivity contribution in [1.29, 1.82) is 0 Å². The van der Waals surface area contributed by atoms with Gasteiger partial charge in [0.2, 0.25) is 5.91 Å². The SMILES string of the molecule is CCNC(C)(C)C(=O)N(Cc1ccccc1OC)C1CC1. The number of carbonyl (C=O) groups excluding carboxylic acids is 1. The predicted molar refractivity (Wildman–Crippen MR) is 84.3 cm³/mol. The zero-order valence-electron chi connectivity index (χ0n) is 13.5. The Labute approximate surface area is 127 Å². The molecule has 0 bridgehead atoms. The number of benzene rings is 1. The molecule has 1 aliphatic carbocycles. The quantitative estimate of drug-likeness (QED) is 0.839. The number of ether oxygens (including phenoxy) is 1. The Morgan fingerprint density at radius 2 is 2.05 bits per heavy atom. The van der Waals surface area contributed by atoms with Crippen LogP contribution in [0.5, 0.6) is 5.75 Å². The Kier molecular flexibility index (Phi) is 4.88. The van der Waals surface area contributed by atoms with Crippen LogP contribution in [0.3, 0.4) is 0 Å². The van der Waals surface area contributed by atoms with Crippen LogP contribution in [-0.4, -0.2) is 36.0 Å². The van der Waals surface area contributed by atoms with Crippen LogP contribution in [0.4, 0.5) is 0 Å². The Bertz CT molecular complexity index is 495. The Balaban J connectivity index is 2.18. The van der Waals surface area contributed by atoms with E-state index < -0.39 is 5.54 Å². The Morgan fingerprint density at radius 3 is 2.62 bits per heavy atom. The Morgan fingerprint density at radius 1 is 1.38 bits per heavy atom. The number of para-hydroxylation sites is 1. The molecule has 1 saturated carbocycles. The zero-order valence-corrected chi connectivity index (χ0v) is 13.5. The first-order chi connectivity index (χ1) is 9.99. The maximum Gasteiger partial charge on any atom is 0.242 e. The van der Waals surface area contributed by atoms with Crippen molar-refractivity contribution in [3.05, 3.63) is 29.8 Å². The van der Waals surface area contributed by atoms with Gasteiger partial charge in [0.05, 0.1) is 12.6 Å². The van der Waals surface area contributed by atoms with Gasteiger partial charge in [0.1, 0.15) is 5.75 Å². The first kappa shape index (κ1) is 15.8. The Hall–Kier alpha value is -1.55. The van der Waals surface area contributed by atoms with E-state index >= 15 is 0 Å². The average molecular weight is 290 g/mol. The third kappa shape index (κ3) is 3.76. The third-order valence-electron chi connectivity index (χ3n) is 3.94. The van der Waals surface area contributed by atoms with Crippen LogP contribution >= 0.6 is 0 Å². The number of rotatable bonds is 7. The summed E-state index contributed by atoms with van der Waals surface area (Å²) < 4.78 is 5.41. The number of carbonyl (C=O) groups is 1. The van der Waals surface area contributed by atoms with Gasteiger partial charge in [-0.1, -0.05) is 25.1 Å². The molecule has 2 rings (SSSR count). The van der Waals surface area contributed by atoms with Crippen molar-refractivity contribution in [1.82, 2.24) is 10.2 Å². The second-order valence-electron chi connectivity index (χ2n) is 6.13. The normalized spacial score (nSPS) is 14.9. The molecule has 21 heavy (non-hydrogen) atoms. The molecule has 0 heterocycles. The van der Waals surface area contributed by atoms with Gasteiger partial charge in [-0.25, -0.2) is 0 Å². The van der Waals surface area contributed by atoms with E-state index in [1.54, 1.807) is 7.11 Å². The second kappa shape index (κ2) is 6.48. The minimum Gasteiger partial charge on any atom is -0.496 e. The zero-order chi connectivity index (χ0) is 15.5. The highest BCUT2D eigenvalue weighted by Crippen LogP contribution is 2.32. The highest BCUT2D eigenvalue weighted by atomic mass is 16.5. The summed E-state index contributed by atoms with van der Waals surface area (Å²) in [6.07, 6.45) is 2.20. The van der Waals surface area contributed by atoms with Gasteiger partial charge in [-0.15, -0.1) is 0 Å². The van der Waals surface area contributed by atoms with Gasteiger partial charge < -0.3 is 15.0 Å². The van der Waals surface area contributed by atoms with Crippen molar-refractivity contribution >= 4 is 5.91 Å². The average Bonchev–Trinajstić information content (AvgIpc) is 3.29. The van der Waals surface area contributed by atoms with E-state index in [9.17, 15) is 4.79 Å². The smallest absolute Gasteiger partial charge is 0.242 e. The molecule has 0 saturated heterocycles. The minimum absolute atomic E-state index is 0.165. The van der Waals surface area contributed by atoms with Crippen molar-refractivity contribution in [2.75, 3.05) is 13.7 Å². The number of likely N-dealkylation sites (N-methyl/N-ethyl adjacent to an activating group) is 1. The molecule has 0 unspecified atom stereocenters. The van der Waals surface area contributed by atoms with Crippen molar-refractivity contribution in [3.8, 4) is 5.75 Å². The predicted octanol–water partition coefficient (Wildman–Crippen LogP) is 2.57. The molecule has 1 aromatic rings. The van der Waals surface area contributed by atoms with E-state index in [2.05, 4.69) is 5.32 Å². The van der Waals surface area contributed by atoms with Gasteiger partial charge in [0.15, 0.2) is 0 Å². The van der Waals surface area contributed by atoms with Crippen molar-refractivity contribution < 1.29 is 9.53 Å². The fourth-order valence-corrected chi connectivity index (χ4v) is 2.65. The summed E-state index contributed by atoms with van der Waals surface area (Å²) in [6, 6.07) is 8.29. The molecule has 1 amide bonds. The van der Waals surface area contributed by atoms with E-state index in [0.717, 1.165) is 30.7 Å². The molecule has 116 valence electrons. The first-order valence-electron chi connectivity index (χ1n) is 7.67. The molecule has 1 fully saturated rings. The number of hydrogen-bond donors (Lipinski definition) is 1. The number of nitrogens with zero attached hydrogens (tertiary/aromatic N) is 1. The lowest BCUT2D eigenvalue weighted by atomic mass is 10.0. The van der Waals surface area contributed by atoms with Crippen molar-refractivity contribution in [2.24, 2.45) is 0 Å². The summed E-state index contributed by atoms with van der Waals surface area (Å²) in [5, 5.41) is 3.28. The molecule has 4 heteroatoms. The fourth-order valence-electron chi connectivity index (χ4n) is 2.65. The summed E-state index contributed by atoms with van der Waals surface area (Å²) >= 11 is 0. The lowest BCUT2D eigenvalue weighted by Gasteiger charge is -2.33. The van der Waals surface area contributed by atoms with Crippen LogP contribution in [0.15, 0.2) is 24.3 Å². The topological polar surface area (TPSA) is 41.6 Å². The summed E-state index contributed by atoms with van der Waals surface area (Å²) in [5.74, 6) is 1.01. The van der Waals surface area contributed by atoms with Crippen LogP contribution in [0, 0.1) is 0 Å².